The Morgan fingerprint density at radius 2 is 0.333 bits per heavy atom. The van der Waals surface area contributed by atoms with Gasteiger partial charge in [0, 0.05) is 0 Å². The molecule has 0 atom stereocenters. The van der Waals surface area contributed by atoms with Crippen LogP contribution in [0.15, 0.2) is 0 Å². The van der Waals surface area contributed by atoms with Crippen molar-refractivity contribution in [2.45, 2.75) is 53.4 Å². The first-order valence-corrected chi connectivity index (χ1v) is 9.30. The number of carboxylic acid groups (broad SMARTS) is 12. The normalized spacial score (nSPS) is 6.22. The van der Waals surface area contributed by atoms with E-state index in [1.165, 1.54) is 0 Å². The van der Waals surface area contributed by atoms with Crippen molar-refractivity contribution in [2.75, 3.05) is 0 Å². The maximum atomic E-state index is 9.43. The van der Waals surface area contributed by atoms with Crippen LogP contribution in [0.2, 0.25) is 0 Å². The van der Waals surface area contributed by atoms with Crippen LogP contribution < -0.4 is 20.4 Å². The van der Waals surface area contributed by atoms with Gasteiger partial charge in [-0.15, -0.1) is 0 Å². The number of carboxylic acids is 12. The van der Waals surface area contributed by atoms with E-state index in [9.17, 15) is 78.0 Å². The molecule has 0 unspecified atom stereocenters. The molecule has 0 aliphatic heterocycles. The molecular weight excluding hydrogens is 817 g/mol. The maximum Gasteiger partial charge on any atom is 2.00 e. The van der Waals surface area contributed by atoms with E-state index < -0.39 is 110 Å². The number of rotatable bonds is 12. The number of carbonyl (C=O) groups excluding carboxylic acids is 4. The van der Waals surface area contributed by atoms with E-state index in [2.05, 4.69) is 0 Å². The summed E-state index contributed by atoms with van der Waals surface area (Å²) >= 11 is 0. The Labute approximate surface area is 366 Å². The summed E-state index contributed by atoms with van der Waals surface area (Å²) in [5, 5.41) is 98.7. The molecule has 30 nitrogen and oxygen atoms in total. The Morgan fingerprint density at radius 1 is 0.259 bits per heavy atom. The van der Waals surface area contributed by atoms with Gasteiger partial charge >= 0.3 is 140 Å². The van der Waals surface area contributed by atoms with Crippen molar-refractivity contribution < 1.29 is 152 Å². The van der Waals surface area contributed by atoms with Crippen molar-refractivity contribution in [3.05, 3.63) is 0 Å². The predicted octanol–water partition coefficient (Wildman–Crippen LogP) is -9.38. The minimum Gasteiger partial charge on any atom is -0.870 e. The number of hydrogen-bond donors (Lipinski definition) is 8. The Kier molecular flexibility index (Phi) is 170. The second-order valence-electron chi connectivity index (χ2n) is 5.70. The molecule has 0 radical (unpaired) electrons. The van der Waals surface area contributed by atoms with Gasteiger partial charge in [-0.05, 0) is 0 Å². The second-order valence-corrected chi connectivity index (χ2v) is 5.70. The average Bonchev–Trinajstić information content (AvgIpc) is 2.63. The minimum atomic E-state index is -1.56. The first-order chi connectivity index (χ1) is 18.8. The van der Waals surface area contributed by atoms with E-state index in [1.807, 2.05) is 0 Å². The molecular formula is C20H34Mg4O30-2. The molecule has 0 aliphatic carbocycles. The number of hydrogen-bond acceptors (Lipinski definition) is 22. The van der Waals surface area contributed by atoms with Crippen molar-refractivity contribution in [3.8, 4) is 0 Å². The van der Waals surface area contributed by atoms with Crippen LogP contribution in [-0.2, 0) is 57.5 Å². The van der Waals surface area contributed by atoms with Gasteiger partial charge in [0.1, 0.15) is 12.8 Å². The molecule has 14 N–H and O–H groups in total. The van der Waals surface area contributed by atoms with Crippen LogP contribution in [0.3, 0.4) is 0 Å². The summed E-state index contributed by atoms with van der Waals surface area (Å²) in [6.45, 7) is 0. The zero-order valence-corrected chi connectivity index (χ0v) is 31.5. The van der Waals surface area contributed by atoms with E-state index in [-0.39, 0.29) is 140 Å². The fraction of sp³-hybridized carbons (Fsp3) is 0.400. The molecule has 0 aromatic rings. The third kappa shape index (κ3) is 261. The molecule has 34 heteroatoms. The van der Waals surface area contributed by atoms with Gasteiger partial charge in [0.15, 0.2) is 0 Å². The molecule has 54 heavy (non-hydrogen) atoms. The summed E-state index contributed by atoms with van der Waals surface area (Å²) < 4.78 is 0. The van der Waals surface area contributed by atoms with E-state index >= 15 is 0 Å². The summed E-state index contributed by atoms with van der Waals surface area (Å²) in [4.78, 5) is 113. The summed E-state index contributed by atoms with van der Waals surface area (Å²) in [6.07, 6.45) is -5.28. The smallest absolute Gasteiger partial charge is 0.870 e. The van der Waals surface area contributed by atoms with Crippen molar-refractivity contribution in [1.82, 2.24) is 0 Å². The largest absolute Gasteiger partial charge is 2.00 e. The van der Waals surface area contributed by atoms with Crippen LogP contribution in [0.5, 0.6) is 0 Å². The first-order valence-electron chi connectivity index (χ1n) is 9.30. The summed E-state index contributed by atoms with van der Waals surface area (Å²) in [5.41, 5.74) is 0. The Balaban J connectivity index is -0.0000000172. The van der Waals surface area contributed by atoms with Gasteiger partial charge in [0.2, 0.25) is 0 Å². The zero-order chi connectivity index (χ0) is 35.2. The second kappa shape index (κ2) is 78.5. The van der Waals surface area contributed by atoms with Crippen LogP contribution in [0.1, 0.15) is 53.4 Å². The van der Waals surface area contributed by atoms with Crippen LogP contribution in [0.4, 0.5) is 0 Å². The molecule has 0 saturated carbocycles. The van der Waals surface area contributed by atoms with Gasteiger partial charge in [-0.1, -0.05) is 14.9 Å². The Morgan fingerprint density at radius 3 is 0.333 bits per heavy atom. The maximum absolute atomic E-state index is 9.43. The van der Waals surface area contributed by atoms with Gasteiger partial charge in [-0.3, -0.25) is 38.4 Å². The van der Waals surface area contributed by atoms with Gasteiger partial charge in [-0.25, -0.2) is 0 Å². The minimum absolute atomic E-state index is 0. The van der Waals surface area contributed by atoms with Gasteiger partial charge in [0.25, 0.3) is 0 Å². The van der Waals surface area contributed by atoms with Gasteiger partial charge < -0.3 is 113 Å². The zero-order valence-electron chi connectivity index (χ0n) is 25.9. The average molecular weight is 852 g/mol. The first kappa shape index (κ1) is 117. The van der Waals surface area contributed by atoms with Crippen LogP contribution in [0.25, 0.3) is 0 Å². The van der Waals surface area contributed by atoms with E-state index in [0.717, 1.165) is 0 Å². The molecule has 304 valence electrons. The summed E-state index contributed by atoms with van der Waals surface area (Å²) in [6, 6.07) is 0. The summed E-state index contributed by atoms with van der Waals surface area (Å²) in [5.74, 6) is -17.0. The van der Waals surface area contributed by atoms with Crippen molar-refractivity contribution in [2.24, 2.45) is 0 Å². The molecule has 0 saturated heterocycles. The molecule has 0 aromatic heterocycles. The topological polar surface area (TPSA) is 639 Å². The van der Waals surface area contributed by atoms with Gasteiger partial charge in [0.05, 0.1) is 49.6 Å². The molecule has 0 bridgehead atoms. The fourth-order valence-corrected chi connectivity index (χ4v) is 0.753. The summed E-state index contributed by atoms with van der Waals surface area (Å²) in [7, 11) is 0. The van der Waals surface area contributed by atoms with Crippen LogP contribution >= 0.6 is 0 Å². The molecule has 0 amide bonds. The SMILES string of the molecule is C.C.O=C(O)CC(=O)O.O=C(O)CC(=O)O.O=C([O-])CC(=O)O.O=C([O-])CC(=O)O.O=C([O-])CC(=O)O.O=C([O-])CC(=O)O.[Mg+2].[Mg+2].[Mg+2].[Mg+2].[OH-].[OH-].[OH-].[OH-].[OH-].[OH-]. The molecule has 0 spiro atoms. The molecule has 0 heterocycles. The van der Waals surface area contributed by atoms with E-state index in [0.29, 0.717) is 0 Å². The molecule has 0 fully saturated rings. The number of aliphatic carboxylic acids is 12. The van der Waals surface area contributed by atoms with E-state index in [4.69, 9.17) is 40.9 Å². The van der Waals surface area contributed by atoms with Gasteiger partial charge in [-0.2, -0.15) is 0 Å². The predicted molar refractivity (Wildman–Crippen MR) is 157 cm³/mol. The monoisotopic (exact) mass is 850 g/mol. The Bertz CT molecular complexity index is 728. The molecule has 0 aliphatic rings. The van der Waals surface area contributed by atoms with E-state index in [1.54, 1.807) is 0 Å². The van der Waals surface area contributed by atoms with Crippen molar-refractivity contribution >= 4 is 164 Å². The fourth-order valence-electron chi connectivity index (χ4n) is 0.753. The van der Waals surface area contributed by atoms with Crippen LogP contribution in [-0.4, -0.2) is 238 Å². The quantitative estimate of drug-likeness (QED) is 0.0667. The molecule has 0 aromatic carbocycles. The van der Waals surface area contributed by atoms with Crippen molar-refractivity contribution in [1.29, 1.82) is 0 Å². The molecule has 0 rings (SSSR count). The third-order valence-electron chi connectivity index (χ3n) is 1.79. The number of carbonyl (C=O) groups is 12. The van der Waals surface area contributed by atoms with Crippen molar-refractivity contribution in [3.63, 3.8) is 0 Å². The Hall–Kier alpha value is -3.54. The standard InChI is InChI=1S/6C3H4O4.2CH4.4Mg.6H2O/c6*4-2(5)1-3(6)7;;;;;;;;;;;;/h6*1H2,(H,4,5)(H,6,7);2*1H4;;;;;6*1H2/q;;;;;;;;4*+2;;;;;;/p-10. The van der Waals surface area contributed by atoms with Crippen LogP contribution in [0, 0.1) is 0 Å². The third-order valence-corrected chi connectivity index (χ3v) is 1.79.